The number of ether oxygens (including phenoxy) is 2. The molecule has 4 heteroatoms. The Morgan fingerprint density at radius 3 is 2.35 bits per heavy atom. The van der Waals surface area contributed by atoms with Crippen LogP contribution in [0.1, 0.15) is 5.56 Å². The van der Waals surface area contributed by atoms with Gasteiger partial charge < -0.3 is 14.4 Å². The molecule has 0 saturated carbocycles. The first-order chi connectivity index (χ1) is 9.80. The van der Waals surface area contributed by atoms with Crippen LogP contribution < -0.4 is 14.4 Å². The maximum atomic E-state index is 5.26. The monoisotopic (exact) mass is 268 g/mol. The number of rotatable bonds is 3. The summed E-state index contributed by atoms with van der Waals surface area (Å²) in [7, 11) is 3.34. The van der Waals surface area contributed by atoms with Crippen molar-refractivity contribution >= 4 is 17.7 Å². The summed E-state index contributed by atoms with van der Waals surface area (Å²) in [6, 6.07) is 13.9. The summed E-state index contributed by atoms with van der Waals surface area (Å²) >= 11 is 0. The predicted octanol–water partition coefficient (Wildman–Crippen LogP) is 3.38. The molecule has 1 heterocycles. The van der Waals surface area contributed by atoms with E-state index in [0.717, 1.165) is 35.0 Å². The van der Waals surface area contributed by atoms with Gasteiger partial charge in [0.1, 0.15) is 11.5 Å². The molecule has 0 spiro atoms. The molecular formula is C16H16N2O2. The summed E-state index contributed by atoms with van der Waals surface area (Å²) in [6.07, 6.45) is 1.86. The van der Waals surface area contributed by atoms with Crippen molar-refractivity contribution in [2.75, 3.05) is 19.1 Å². The molecule has 0 aliphatic carbocycles. The SMILES string of the molecule is COc1ccc(N2C=Nc3ccc(OC)cc3C2)cc1. The number of methoxy groups -OCH3 is 2. The Morgan fingerprint density at radius 2 is 1.65 bits per heavy atom. The molecule has 0 N–H and O–H groups in total. The Bertz CT molecular complexity index is 635. The van der Waals surface area contributed by atoms with Gasteiger partial charge in [-0.15, -0.1) is 0 Å². The highest BCUT2D eigenvalue weighted by atomic mass is 16.5. The first-order valence-electron chi connectivity index (χ1n) is 6.42. The molecule has 0 atom stereocenters. The van der Waals surface area contributed by atoms with E-state index in [1.54, 1.807) is 14.2 Å². The van der Waals surface area contributed by atoms with Gasteiger partial charge >= 0.3 is 0 Å². The zero-order valence-corrected chi connectivity index (χ0v) is 11.5. The van der Waals surface area contributed by atoms with Crippen molar-refractivity contribution in [1.82, 2.24) is 0 Å². The zero-order valence-electron chi connectivity index (χ0n) is 11.5. The molecule has 2 aromatic rings. The second-order valence-corrected chi connectivity index (χ2v) is 4.57. The van der Waals surface area contributed by atoms with Crippen LogP contribution >= 0.6 is 0 Å². The van der Waals surface area contributed by atoms with Gasteiger partial charge in [-0.25, -0.2) is 4.99 Å². The molecule has 0 radical (unpaired) electrons. The standard InChI is InChI=1S/C16H16N2O2/c1-19-14-5-3-13(4-6-14)18-10-12-9-15(20-2)7-8-16(12)17-11-18/h3-9,11H,10H2,1-2H3. The molecule has 0 fully saturated rings. The summed E-state index contributed by atoms with van der Waals surface area (Å²) in [6.45, 7) is 0.780. The van der Waals surface area contributed by atoms with Crippen molar-refractivity contribution < 1.29 is 9.47 Å². The number of nitrogens with zero attached hydrogens (tertiary/aromatic N) is 2. The molecule has 0 amide bonds. The van der Waals surface area contributed by atoms with E-state index in [1.165, 1.54) is 0 Å². The number of anilines is 1. The van der Waals surface area contributed by atoms with Gasteiger partial charge in [0.05, 0.1) is 32.8 Å². The van der Waals surface area contributed by atoms with E-state index in [2.05, 4.69) is 9.89 Å². The summed E-state index contributed by atoms with van der Waals surface area (Å²) in [5.41, 5.74) is 3.24. The minimum Gasteiger partial charge on any atom is -0.497 e. The number of hydrogen-bond acceptors (Lipinski definition) is 4. The van der Waals surface area contributed by atoms with Crippen LogP contribution in [0.15, 0.2) is 47.5 Å². The fraction of sp³-hybridized carbons (Fsp3) is 0.188. The first kappa shape index (κ1) is 12.5. The highest BCUT2D eigenvalue weighted by molar-refractivity contribution is 5.84. The molecule has 102 valence electrons. The van der Waals surface area contributed by atoms with Crippen molar-refractivity contribution in [3.8, 4) is 11.5 Å². The predicted molar refractivity (Wildman–Crippen MR) is 80.3 cm³/mol. The lowest BCUT2D eigenvalue weighted by atomic mass is 10.1. The van der Waals surface area contributed by atoms with Gasteiger partial charge in [-0.1, -0.05) is 0 Å². The third-order valence-corrected chi connectivity index (χ3v) is 3.37. The van der Waals surface area contributed by atoms with Gasteiger partial charge in [0.2, 0.25) is 0 Å². The number of benzene rings is 2. The van der Waals surface area contributed by atoms with E-state index in [0.29, 0.717) is 0 Å². The zero-order chi connectivity index (χ0) is 13.9. The maximum Gasteiger partial charge on any atom is 0.119 e. The minimum atomic E-state index is 0.780. The van der Waals surface area contributed by atoms with Crippen molar-refractivity contribution in [3.05, 3.63) is 48.0 Å². The van der Waals surface area contributed by atoms with Gasteiger partial charge in [0.25, 0.3) is 0 Å². The highest BCUT2D eigenvalue weighted by Gasteiger charge is 2.14. The Labute approximate surface area is 118 Å². The molecular weight excluding hydrogens is 252 g/mol. The third-order valence-electron chi connectivity index (χ3n) is 3.37. The fourth-order valence-corrected chi connectivity index (χ4v) is 2.23. The summed E-state index contributed by atoms with van der Waals surface area (Å²) in [5.74, 6) is 1.71. The average Bonchev–Trinajstić information content (AvgIpc) is 2.54. The van der Waals surface area contributed by atoms with E-state index in [-0.39, 0.29) is 0 Å². The van der Waals surface area contributed by atoms with E-state index in [4.69, 9.17) is 9.47 Å². The lowest BCUT2D eigenvalue weighted by Crippen LogP contribution is -2.23. The minimum absolute atomic E-state index is 0.780. The van der Waals surface area contributed by atoms with Gasteiger partial charge in [-0.2, -0.15) is 0 Å². The van der Waals surface area contributed by atoms with Gasteiger partial charge in [0, 0.05) is 11.3 Å². The lowest BCUT2D eigenvalue weighted by Gasteiger charge is -2.24. The van der Waals surface area contributed by atoms with Crippen LogP contribution in [0.2, 0.25) is 0 Å². The molecule has 0 saturated heterocycles. The Balaban J connectivity index is 1.87. The molecule has 0 unspecified atom stereocenters. The Kier molecular flexibility index (Phi) is 3.29. The Morgan fingerprint density at radius 1 is 0.950 bits per heavy atom. The Hall–Kier alpha value is -2.49. The van der Waals surface area contributed by atoms with E-state index in [9.17, 15) is 0 Å². The number of aliphatic imine (C=N–C) groups is 1. The van der Waals surface area contributed by atoms with Crippen LogP contribution in [0, 0.1) is 0 Å². The van der Waals surface area contributed by atoms with Crippen LogP contribution in [0.25, 0.3) is 0 Å². The van der Waals surface area contributed by atoms with Crippen LogP contribution in [0.4, 0.5) is 11.4 Å². The van der Waals surface area contributed by atoms with Gasteiger partial charge in [-0.3, -0.25) is 0 Å². The molecule has 4 nitrogen and oxygen atoms in total. The molecule has 0 bridgehead atoms. The molecule has 1 aliphatic rings. The lowest BCUT2D eigenvalue weighted by molar-refractivity contribution is 0.414. The van der Waals surface area contributed by atoms with Crippen LogP contribution in [0.5, 0.6) is 11.5 Å². The summed E-state index contributed by atoms with van der Waals surface area (Å²) in [5, 5.41) is 0. The second kappa shape index (κ2) is 5.25. The smallest absolute Gasteiger partial charge is 0.119 e. The molecule has 2 aromatic carbocycles. The number of fused-ring (bicyclic) bond motifs is 1. The van der Waals surface area contributed by atoms with E-state index in [1.807, 2.05) is 48.8 Å². The van der Waals surface area contributed by atoms with Crippen LogP contribution in [-0.2, 0) is 6.54 Å². The summed E-state index contributed by atoms with van der Waals surface area (Å²) in [4.78, 5) is 6.58. The largest absolute Gasteiger partial charge is 0.497 e. The normalized spacial score (nSPS) is 13.0. The average molecular weight is 268 g/mol. The molecule has 20 heavy (non-hydrogen) atoms. The highest BCUT2D eigenvalue weighted by Crippen LogP contribution is 2.30. The van der Waals surface area contributed by atoms with Crippen molar-refractivity contribution in [2.45, 2.75) is 6.54 Å². The molecule has 0 aromatic heterocycles. The molecule has 3 rings (SSSR count). The maximum absolute atomic E-state index is 5.26. The fourth-order valence-electron chi connectivity index (χ4n) is 2.23. The quantitative estimate of drug-likeness (QED) is 0.855. The van der Waals surface area contributed by atoms with Crippen molar-refractivity contribution in [1.29, 1.82) is 0 Å². The van der Waals surface area contributed by atoms with E-state index >= 15 is 0 Å². The van der Waals surface area contributed by atoms with Gasteiger partial charge in [-0.05, 0) is 42.5 Å². The second-order valence-electron chi connectivity index (χ2n) is 4.57. The molecule has 1 aliphatic heterocycles. The van der Waals surface area contributed by atoms with Crippen LogP contribution in [-0.4, -0.2) is 20.6 Å². The van der Waals surface area contributed by atoms with Crippen molar-refractivity contribution in [3.63, 3.8) is 0 Å². The van der Waals surface area contributed by atoms with Gasteiger partial charge in [0.15, 0.2) is 0 Å². The topological polar surface area (TPSA) is 34.1 Å². The van der Waals surface area contributed by atoms with Crippen LogP contribution in [0.3, 0.4) is 0 Å². The number of hydrogen-bond donors (Lipinski definition) is 0. The van der Waals surface area contributed by atoms with E-state index < -0.39 is 0 Å². The van der Waals surface area contributed by atoms with Crippen molar-refractivity contribution in [2.24, 2.45) is 4.99 Å². The summed E-state index contributed by atoms with van der Waals surface area (Å²) < 4.78 is 10.4. The first-order valence-corrected chi connectivity index (χ1v) is 6.42. The third kappa shape index (κ3) is 2.32.